The van der Waals surface area contributed by atoms with Crippen molar-refractivity contribution in [1.29, 1.82) is 0 Å². The Morgan fingerprint density at radius 3 is 2.20 bits per heavy atom. The van der Waals surface area contributed by atoms with E-state index in [2.05, 4.69) is 25.8 Å². The van der Waals surface area contributed by atoms with Crippen LogP contribution in [0.1, 0.15) is 65.2 Å². The molecule has 2 heterocycles. The molecule has 2 aliphatic heterocycles. The lowest BCUT2D eigenvalue weighted by molar-refractivity contribution is -0.127. The molecule has 0 unspecified atom stereocenters. The number of piperidine rings is 2. The summed E-state index contributed by atoms with van der Waals surface area (Å²) in [5.41, 5.74) is 2.73. The summed E-state index contributed by atoms with van der Waals surface area (Å²) in [5, 5.41) is 9.03. The second-order valence-electron chi connectivity index (χ2n) is 12.4. The Morgan fingerprint density at radius 2 is 1.48 bits per heavy atom. The molecule has 0 aromatic heterocycles. The predicted molar refractivity (Wildman–Crippen MR) is 175 cm³/mol. The fraction of sp³-hybridized carbons (Fsp3) is 0.571. The molecule has 0 radical (unpaired) electrons. The SMILES string of the molecule is CC(C)NC(=O)C1CCN(CCCCCNC(=O)CCN2CCC(OC(=O)Nc3ccccc3-c3ccccc3)CC2)CC1. The smallest absolute Gasteiger partial charge is 0.411 e. The number of hydrogen-bond donors (Lipinski definition) is 3. The zero-order chi connectivity index (χ0) is 31.1. The minimum Gasteiger partial charge on any atom is -0.446 e. The third kappa shape index (κ3) is 11.2. The molecule has 9 heteroatoms. The van der Waals surface area contributed by atoms with E-state index in [-0.39, 0.29) is 29.9 Å². The van der Waals surface area contributed by atoms with Gasteiger partial charge in [-0.1, -0.05) is 55.0 Å². The lowest BCUT2D eigenvalue weighted by Crippen LogP contribution is -2.42. The van der Waals surface area contributed by atoms with Gasteiger partial charge < -0.3 is 25.2 Å². The first-order chi connectivity index (χ1) is 21.4. The quantitative estimate of drug-likeness (QED) is 0.253. The van der Waals surface area contributed by atoms with E-state index in [1.54, 1.807) is 0 Å². The van der Waals surface area contributed by atoms with Crippen LogP contribution in [-0.4, -0.2) is 85.7 Å². The maximum atomic E-state index is 12.7. The van der Waals surface area contributed by atoms with Gasteiger partial charge in [-0.25, -0.2) is 4.79 Å². The molecule has 0 bridgehead atoms. The molecule has 2 aliphatic rings. The number of anilines is 1. The Kier molecular flexibility index (Phi) is 13.5. The molecule has 0 saturated carbocycles. The highest BCUT2D eigenvalue weighted by Gasteiger charge is 2.25. The van der Waals surface area contributed by atoms with Crippen LogP contribution in [0.4, 0.5) is 10.5 Å². The number of ether oxygens (including phenoxy) is 1. The third-order valence-corrected chi connectivity index (χ3v) is 8.57. The Hall–Kier alpha value is -3.43. The number of carbonyl (C=O) groups is 3. The fourth-order valence-electron chi connectivity index (χ4n) is 6.04. The normalized spacial score (nSPS) is 16.9. The Morgan fingerprint density at radius 1 is 0.818 bits per heavy atom. The molecule has 2 fully saturated rings. The summed E-state index contributed by atoms with van der Waals surface area (Å²) in [5.74, 6) is 0.459. The van der Waals surface area contributed by atoms with E-state index in [1.807, 2.05) is 68.4 Å². The van der Waals surface area contributed by atoms with Crippen molar-refractivity contribution >= 4 is 23.6 Å². The predicted octanol–water partition coefficient (Wildman–Crippen LogP) is 5.28. The van der Waals surface area contributed by atoms with Gasteiger partial charge in [0.15, 0.2) is 0 Å². The monoisotopic (exact) mass is 605 g/mol. The van der Waals surface area contributed by atoms with Crippen molar-refractivity contribution in [3.63, 3.8) is 0 Å². The van der Waals surface area contributed by atoms with Crippen molar-refractivity contribution < 1.29 is 19.1 Å². The van der Waals surface area contributed by atoms with Crippen molar-refractivity contribution in [3.05, 3.63) is 54.6 Å². The van der Waals surface area contributed by atoms with Crippen molar-refractivity contribution in [2.45, 2.75) is 77.4 Å². The maximum Gasteiger partial charge on any atom is 0.411 e. The van der Waals surface area contributed by atoms with Crippen molar-refractivity contribution in [2.24, 2.45) is 5.92 Å². The van der Waals surface area contributed by atoms with Crippen LogP contribution in [0.2, 0.25) is 0 Å². The molecule has 2 aromatic carbocycles. The maximum absolute atomic E-state index is 12.7. The van der Waals surface area contributed by atoms with Crippen LogP contribution in [0.25, 0.3) is 11.1 Å². The number of likely N-dealkylation sites (tertiary alicyclic amines) is 2. The van der Waals surface area contributed by atoms with Gasteiger partial charge in [-0.3, -0.25) is 14.9 Å². The highest BCUT2D eigenvalue weighted by atomic mass is 16.6. The van der Waals surface area contributed by atoms with Gasteiger partial charge in [0.05, 0.1) is 5.69 Å². The summed E-state index contributed by atoms with van der Waals surface area (Å²) in [6.07, 6.45) is 6.54. The summed E-state index contributed by atoms with van der Waals surface area (Å²) in [4.78, 5) is 42.0. The number of para-hydroxylation sites is 1. The van der Waals surface area contributed by atoms with Crippen LogP contribution in [0, 0.1) is 5.92 Å². The summed E-state index contributed by atoms with van der Waals surface area (Å²) in [7, 11) is 0. The van der Waals surface area contributed by atoms with E-state index >= 15 is 0 Å². The second-order valence-corrected chi connectivity index (χ2v) is 12.4. The lowest BCUT2D eigenvalue weighted by Gasteiger charge is -2.31. The van der Waals surface area contributed by atoms with E-state index in [0.29, 0.717) is 13.0 Å². The van der Waals surface area contributed by atoms with E-state index in [4.69, 9.17) is 4.74 Å². The first kappa shape index (κ1) is 33.5. The average Bonchev–Trinajstić information content (AvgIpc) is 3.03. The molecule has 0 aliphatic carbocycles. The summed E-state index contributed by atoms with van der Waals surface area (Å²) < 4.78 is 5.74. The van der Waals surface area contributed by atoms with E-state index in [0.717, 1.165) is 101 Å². The number of nitrogens with zero attached hydrogens (tertiary/aromatic N) is 2. The average molecular weight is 606 g/mol. The number of benzene rings is 2. The van der Waals surface area contributed by atoms with Crippen LogP contribution in [0.15, 0.2) is 54.6 Å². The minimum atomic E-state index is -0.429. The number of amides is 3. The van der Waals surface area contributed by atoms with E-state index in [1.165, 1.54) is 0 Å². The zero-order valence-corrected chi connectivity index (χ0v) is 26.6. The summed E-state index contributed by atoms with van der Waals surface area (Å²) in [6.45, 7) is 10.1. The Balaban J connectivity index is 1.01. The van der Waals surface area contributed by atoms with Gasteiger partial charge >= 0.3 is 6.09 Å². The zero-order valence-electron chi connectivity index (χ0n) is 26.6. The van der Waals surface area contributed by atoms with Gasteiger partial charge in [-0.05, 0) is 83.6 Å². The van der Waals surface area contributed by atoms with Gasteiger partial charge in [0, 0.05) is 50.1 Å². The summed E-state index contributed by atoms with van der Waals surface area (Å²) in [6, 6.07) is 17.9. The number of hydrogen-bond acceptors (Lipinski definition) is 6. The molecule has 3 amide bonds. The van der Waals surface area contributed by atoms with Crippen molar-refractivity contribution in [1.82, 2.24) is 20.4 Å². The highest BCUT2D eigenvalue weighted by molar-refractivity contribution is 5.91. The Labute approximate surface area is 263 Å². The largest absolute Gasteiger partial charge is 0.446 e. The number of rotatable bonds is 14. The van der Waals surface area contributed by atoms with Crippen molar-refractivity contribution in [2.75, 3.05) is 51.1 Å². The molecule has 2 saturated heterocycles. The molecule has 0 atom stereocenters. The van der Waals surface area contributed by atoms with Gasteiger partial charge in [0.1, 0.15) is 6.10 Å². The molecule has 9 nitrogen and oxygen atoms in total. The third-order valence-electron chi connectivity index (χ3n) is 8.57. The molecule has 4 rings (SSSR count). The second kappa shape index (κ2) is 17.8. The number of nitrogens with one attached hydrogen (secondary N) is 3. The summed E-state index contributed by atoms with van der Waals surface area (Å²) >= 11 is 0. The first-order valence-electron chi connectivity index (χ1n) is 16.5. The van der Waals surface area contributed by atoms with Crippen LogP contribution in [0.3, 0.4) is 0 Å². The standard InChI is InChI=1S/C35H51N5O4/c1-27(2)37-34(42)29-15-22-39(23-16-29)21-10-4-9-20-36-33(41)19-26-40-24-17-30(18-25-40)44-35(43)38-32-14-8-7-13-31(32)28-11-5-3-6-12-28/h3,5-8,11-14,27,29-30H,4,9-10,15-26H2,1-2H3,(H,36,41)(H,37,42)(H,38,43). The molecular formula is C35H51N5O4. The molecule has 2 aromatic rings. The molecule has 44 heavy (non-hydrogen) atoms. The molecule has 240 valence electrons. The fourth-order valence-corrected chi connectivity index (χ4v) is 6.04. The highest BCUT2D eigenvalue weighted by Crippen LogP contribution is 2.28. The topological polar surface area (TPSA) is 103 Å². The van der Waals surface area contributed by atoms with Crippen LogP contribution >= 0.6 is 0 Å². The molecular weight excluding hydrogens is 554 g/mol. The van der Waals surface area contributed by atoms with Crippen LogP contribution < -0.4 is 16.0 Å². The van der Waals surface area contributed by atoms with Crippen LogP contribution in [-0.2, 0) is 14.3 Å². The molecule has 3 N–H and O–H groups in total. The number of carbonyl (C=O) groups excluding carboxylic acids is 3. The Bertz CT molecular complexity index is 1170. The van der Waals surface area contributed by atoms with E-state index in [9.17, 15) is 14.4 Å². The number of unbranched alkanes of at least 4 members (excludes halogenated alkanes) is 2. The van der Waals surface area contributed by atoms with Gasteiger partial charge in [-0.15, -0.1) is 0 Å². The van der Waals surface area contributed by atoms with Gasteiger partial charge in [-0.2, -0.15) is 0 Å². The van der Waals surface area contributed by atoms with Gasteiger partial charge in [0.25, 0.3) is 0 Å². The van der Waals surface area contributed by atoms with E-state index < -0.39 is 6.09 Å². The van der Waals surface area contributed by atoms with Crippen molar-refractivity contribution in [3.8, 4) is 11.1 Å². The lowest BCUT2D eigenvalue weighted by atomic mass is 9.95. The van der Waals surface area contributed by atoms with Gasteiger partial charge in [0.2, 0.25) is 11.8 Å². The molecule has 0 spiro atoms. The van der Waals surface area contributed by atoms with Crippen LogP contribution in [0.5, 0.6) is 0 Å². The first-order valence-corrected chi connectivity index (χ1v) is 16.5. The minimum absolute atomic E-state index is 0.0987.